The number of aliphatic imine (C=N–C) groups is 1. The van der Waals surface area contributed by atoms with E-state index in [0.29, 0.717) is 28.4 Å². The first kappa shape index (κ1) is 21.0. The summed E-state index contributed by atoms with van der Waals surface area (Å²) in [5.74, 6) is 0.347. The number of rotatable bonds is 5. The Hall–Kier alpha value is -3.25. The average Bonchev–Trinajstić information content (AvgIpc) is 3.31. The number of nitrogens with zero attached hydrogens (tertiary/aromatic N) is 5. The molecule has 2 fully saturated rings. The number of aromatic nitrogens is 3. The summed E-state index contributed by atoms with van der Waals surface area (Å²) in [6.45, 7) is 3.73. The maximum Gasteiger partial charge on any atom is 0.270 e. The Balaban J connectivity index is 1.68. The number of fused-ring (bicyclic) bond motifs is 1. The second-order valence-electron chi connectivity index (χ2n) is 8.24. The Morgan fingerprint density at radius 2 is 2.10 bits per heavy atom. The van der Waals surface area contributed by atoms with Crippen molar-refractivity contribution in [2.24, 2.45) is 10.7 Å². The number of nitriles is 1. The van der Waals surface area contributed by atoms with Crippen molar-refractivity contribution in [3.63, 3.8) is 0 Å². The van der Waals surface area contributed by atoms with Crippen molar-refractivity contribution in [2.45, 2.75) is 57.5 Å². The predicted octanol–water partition coefficient (Wildman–Crippen LogP) is 2.20. The van der Waals surface area contributed by atoms with Gasteiger partial charge in [0.2, 0.25) is 5.95 Å². The minimum absolute atomic E-state index is 0.0544. The number of piperidine rings is 1. The molecule has 0 radical (unpaired) electrons. The van der Waals surface area contributed by atoms with E-state index in [1.54, 1.807) is 30.0 Å². The van der Waals surface area contributed by atoms with Gasteiger partial charge in [-0.25, -0.2) is 4.98 Å². The molecule has 1 aliphatic carbocycles. The van der Waals surface area contributed by atoms with Crippen LogP contribution in [-0.4, -0.2) is 39.9 Å². The molecule has 2 aromatic heterocycles. The van der Waals surface area contributed by atoms with Crippen molar-refractivity contribution in [3.8, 4) is 6.07 Å². The second kappa shape index (κ2) is 9.27. The van der Waals surface area contributed by atoms with Gasteiger partial charge in [0.15, 0.2) is 0 Å². The minimum Gasteiger partial charge on any atom is -0.401 e. The van der Waals surface area contributed by atoms with Gasteiger partial charge in [-0.3, -0.25) is 14.4 Å². The summed E-state index contributed by atoms with van der Waals surface area (Å²) in [6, 6.07) is 3.90. The number of hydrogen-bond acceptors (Lipinski definition) is 8. The molecular weight excluding hydrogens is 392 g/mol. The van der Waals surface area contributed by atoms with Gasteiger partial charge in [-0.15, -0.1) is 0 Å². The van der Waals surface area contributed by atoms with Gasteiger partial charge in [0, 0.05) is 29.5 Å². The first-order valence-electron chi connectivity index (χ1n) is 10.9. The third-order valence-electron chi connectivity index (χ3n) is 5.98. The summed E-state index contributed by atoms with van der Waals surface area (Å²) in [5, 5.41) is 16.6. The predicted molar refractivity (Wildman–Crippen MR) is 121 cm³/mol. The van der Waals surface area contributed by atoms with Crippen LogP contribution >= 0.6 is 0 Å². The lowest BCUT2D eigenvalue weighted by Gasteiger charge is -2.19. The smallest absolute Gasteiger partial charge is 0.270 e. The van der Waals surface area contributed by atoms with Crippen LogP contribution in [0.25, 0.3) is 11.0 Å². The first-order valence-corrected chi connectivity index (χ1v) is 10.9. The number of hydrogen-bond donors (Lipinski definition) is 3. The monoisotopic (exact) mass is 420 g/mol. The molecule has 162 valence electrons. The van der Waals surface area contributed by atoms with E-state index >= 15 is 0 Å². The van der Waals surface area contributed by atoms with Crippen LogP contribution in [0, 0.1) is 11.3 Å². The van der Waals surface area contributed by atoms with Crippen molar-refractivity contribution in [3.05, 3.63) is 39.6 Å². The molecule has 1 saturated carbocycles. The molecule has 0 amide bonds. The molecule has 0 spiro atoms. The minimum atomic E-state index is -0.287. The molecule has 9 nitrogen and oxygen atoms in total. The highest BCUT2D eigenvalue weighted by atomic mass is 16.1. The molecule has 0 atom stereocenters. The fraction of sp³-hybridized carbons (Fsp3) is 0.500. The van der Waals surface area contributed by atoms with Crippen LogP contribution in [0.1, 0.15) is 57.1 Å². The number of nitrogens with one attached hydrogen (secondary N) is 2. The Morgan fingerprint density at radius 3 is 2.77 bits per heavy atom. The van der Waals surface area contributed by atoms with Gasteiger partial charge in [0.25, 0.3) is 5.56 Å². The van der Waals surface area contributed by atoms with Gasteiger partial charge in [0.05, 0.1) is 11.7 Å². The third-order valence-corrected chi connectivity index (χ3v) is 5.98. The Bertz CT molecular complexity index is 1110. The van der Waals surface area contributed by atoms with Crippen molar-refractivity contribution in [2.75, 3.05) is 18.4 Å². The van der Waals surface area contributed by atoms with Gasteiger partial charge >= 0.3 is 0 Å². The van der Waals surface area contributed by atoms with E-state index in [2.05, 4.69) is 25.6 Å². The van der Waals surface area contributed by atoms with E-state index in [1.807, 2.05) is 6.07 Å². The van der Waals surface area contributed by atoms with Crippen molar-refractivity contribution in [1.82, 2.24) is 19.9 Å². The molecule has 2 aromatic rings. The molecule has 0 unspecified atom stereocenters. The van der Waals surface area contributed by atoms with E-state index in [-0.39, 0.29) is 23.2 Å². The lowest BCUT2D eigenvalue weighted by Crippen LogP contribution is -2.30. The lowest BCUT2D eigenvalue weighted by atomic mass is 10.1. The third kappa shape index (κ3) is 4.59. The molecule has 0 aromatic carbocycles. The summed E-state index contributed by atoms with van der Waals surface area (Å²) in [7, 11) is 0. The fourth-order valence-corrected chi connectivity index (χ4v) is 4.25. The SMILES string of the molecule is CC(N)=C(C=NC1CCNCC1)Nc1ncc2cc(C#N)c(=O)n(C3CCCC3)c2n1. The maximum absolute atomic E-state index is 12.9. The van der Waals surface area contributed by atoms with Crippen molar-refractivity contribution >= 4 is 23.2 Å². The number of pyridine rings is 1. The number of allylic oxidation sites excluding steroid dienone is 2. The van der Waals surface area contributed by atoms with Gasteiger partial charge in [-0.2, -0.15) is 10.2 Å². The Kier molecular flexibility index (Phi) is 6.28. The van der Waals surface area contributed by atoms with E-state index in [1.165, 1.54) is 0 Å². The van der Waals surface area contributed by atoms with Crippen LogP contribution in [-0.2, 0) is 0 Å². The van der Waals surface area contributed by atoms with Crippen LogP contribution < -0.4 is 21.9 Å². The molecule has 9 heteroatoms. The van der Waals surface area contributed by atoms with E-state index in [9.17, 15) is 10.1 Å². The number of anilines is 1. The van der Waals surface area contributed by atoms with Crippen LogP contribution in [0.15, 0.2) is 33.4 Å². The molecule has 1 aliphatic heterocycles. The maximum atomic E-state index is 12.9. The highest BCUT2D eigenvalue weighted by molar-refractivity contribution is 5.84. The summed E-state index contributed by atoms with van der Waals surface area (Å²) >= 11 is 0. The largest absolute Gasteiger partial charge is 0.401 e. The molecule has 1 saturated heterocycles. The fourth-order valence-electron chi connectivity index (χ4n) is 4.25. The van der Waals surface area contributed by atoms with E-state index in [4.69, 9.17) is 5.73 Å². The standard InChI is InChI=1S/C22H28N8O/c1-14(24)19(13-26-17-6-8-25-9-7-17)28-22-27-12-16-10-15(11-23)21(31)30(20(16)29-22)18-4-2-3-5-18/h10,12-13,17-18,25H,2-9,24H2,1H3,(H,27,28,29). The van der Waals surface area contributed by atoms with Crippen molar-refractivity contribution in [1.29, 1.82) is 5.26 Å². The Labute approximate surface area is 181 Å². The topological polar surface area (TPSA) is 134 Å². The zero-order valence-corrected chi connectivity index (χ0v) is 17.8. The van der Waals surface area contributed by atoms with Gasteiger partial charge in [-0.1, -0.05) is 12.8 Å². The van der Waals surface area contributed by atoms with Crippen molar-refractivity contribution < 1.29 is 0 Å². The van der Waals surface area contributed by atoms with Crippen LogP contribution in [0.2, 0.25) is 0 Å². The zero-order chi connectivity index (χ0) is 21.8. The normalized spacial score (nSPS) is 19.0. The summed E-state index contributed by atoms with van der Waals surface area (Å²) in [5.41, 5.74) is 7.66. The quantitative estimate of drug-likeness (QED) is 0.631. The highest BCUT2D eigenvalue weighted by Gasteiger charge is 2.23. The number of nitrogens with two attached hydrogens (primary N) is 1. The molecule has 31 heavy (non-hydrogen) atoms. The van der Waals surface area contributed by atoms with E-state index < -0.39 is 0 Å². The van der Waals surface area contributed by atoms with Gasteiger partial charge < -0.3 is 16.4 Å². The summed E-state index contributed by atoms with van der Waals surface area (Å²) in [6.07, 6.45) is 9.34. The van der Waals surface area contributed by atoms with Gasteiger partial charge in [0.1, 0.15) is 17.3 Å². The first-order chi connectivity index (χ1) is 15.1. The molecular formula is C22H28N8O. The lowest BCUT2D eigenvalue weighted by molar-refractivity contribution is 0.461. The molecule has 0 bridgehead atoms. The van der Waals surface area contributed by atoms with Crippen LogP contribution in [0.3, 0.4) is 0 Å². The molecule has 2 aliphatic rings. The zero-order valence-electron chi connectivity index (χ0n) is 17.8. The molecule has 4 N–H and O–H groups in total. The van der Waals surface area contributed by atoms with Gasteiger partial charge in [-0.05, 0) is 51.8 Å². The summed E-state index contributed by atoms with van der Waals surface area (Å²) < 4.78 is 1.68. The average molecular weight is 421 g/mol. The second-order valence-corrected chi connectivity index (χ2v) is 8.24. The van der Waals surface area contributed by atoms with Crippen LogP contribution in [0.4, 0.5) is 5.95 Å². The van der Waals surface area contributed by atoms with Crippen LogP contribution in [0.5, 0.6) is 0 Å². The summed E-state index contributed by atoms with van der Waals surface area (Å²) in [4.78, 5) is 26.6. The molecule has 4 rings (SSSR count). The van der Waals surface area contributed by atoms with E-state index in [0.717, 1.165) is 51.6 Å². The Morgan fingerprint density at radius 1 is 1.35 bits per heavy atom. The highest BCUT2D eigenvalue weighted by Crippen LogP contribution is 2.30. The molecule has 3 heterocycles.